The quantitative estimate of drug-likeness (QED) is 0.0514. The summed E-state index contributed by atoms with van der Waals surface area (Å²) in [7, 11) is 6.04. The number of hydrogen-bond donors (Lipinski definition) is 2. The van der Waals surface area contributed by atoms with Gasteiger partial charge in [0.15, 0.2) is 11.3 Å². The molecule has 0 saturated carbocycles. The number of ether oxygens (including phenoxy) is 1. The number of carbonyl (C=O) groups excluding carboxylic acids is 1. The van der Waals surface area contributed by atoms with E-state index in [0.29, 0.717) is 102 Å². The van der Waals surface area contributed by atoms with E-state index in [9.17, 15) is 14.2 Å². The second-order valence-corrected chi connectivity index (χ2v) is 38.3. The average Bonchev–Trinajstić information content (AvgIpc) is 3.99. The predicted molar refractivity (Wildman–Crippen MR) is 318 cm³/mol. The van der Waals surface area contributed by atoms with Crippen LogP contribution in [-0.4, -0.2) is 126 Å². The van der Waals surface area contributed by atoms with E-state index in [4.69, 9.17) is 115 Å². The molecule has 1 saturated heterocycles. The Bertz CT molecular complexity index is 2760. The van der Waals surface area contributed by atoms with E-state index < -0.39 is 29.6 Å². The molecule has 0 aliphatic carbocycles. The van der Waals surface area contributed by atoms with Crippen LogP contribution in [0.25, 0.3) is 16.8 Å². The van der Waals surface area contributed by atoms with Crippen LogP contribution in [0.4, 0.5) is 11.9 Å². The molecule has 0 bridgehead atoms. The number of fused-ring (bicyclic) bond motifs is 1. The minimum absolute atomic E-state index is 0.0663. The zero-order valence-electron chi connectivity index (χ0n) is 42.2. The van der Waals surface area contributed by atoms with Crippen LogP contribution >= 0.6 is 92.6 Å². The normalized spacial score (nSPS) is 13.7. The zero-order valence-corrected chi connectivity index (χ0v) is 53.0. The van der Waals surface area contributed by atoms with E-state index in [1.165, 1.54) is 84.7 Å². The summed E-state index contributed by atoms with van der Waals surface area (Å²) in [5, 5.41) is 5.38. The number of hydrogen-bond acceptors (Lipinski definition) is 26. The number of amides is 1. The molecule has 0 radical (unpaired) electrons. The van der Waals surface area contributed by atoms with Crippen molar-refractivity contribution in [2.45, 2.75) is 45.7 Å². The highest BCUT2D eigenvalue weighted by Gasteiger charge is 2.28. The lowest BCUT2D eigenvalue weighted by atomic mass is 10.3. The van der Waals surface area contributed by atoms with Gasteiger partial charge in [0.05, 0.1) is 74.0 Å². The number of nitrogens with zero attached hydrogens (tertiary/aromatic N) is 7. The summed E-state index contributed by atoms with van der Waals surface area (Å²) >= 11 is 32.6. The lowest BCUT2D eigenvalue weighted by Gasteiger charge is -2.27. The van der Waals surface area contributed by atoms with Gasteiger partial charge in [-0.1, -0.05) is 52.9 Å². The molecule has 22 nitrogen and oxygen atoms in total. The molecule has 1 fully saturated rings. The number of nitrogens with two attached hydrogens (primary N) is 2. The maximum Gasteiger partial charge on any atom is 0.440 e. The van der Waals surface area contributed by atoms with Crippen molar-refractivity contribution < 1.29 is 54.7 Å². The van der Waals surface area contributed by atoms with Crippen molar-refractivity contribution in [2.24, 2.45) is 0 Å². The third-order valence-electron chi connectivity index (χ3n) is 8.83. The minimum Gasteiger partial charge on any atom is -0.414 e. The number of carbonyl (C=O) groups is 1. The van der Waals surface area contributed by atoms with Gasteiger partial charge in [-0.05, 0) is 122 Å². The van der Waals surface area contributed by atoms with Crippen LogP contribution in [0.15, 0.2) is 64.1 Å². The Morgan fingerprint density at radius 3 is 1.91 bits per heavy atom. The first-order valence-corrected chi connectivity index (χ1v) is 38.8. The Balaban J connectivity index is 0.000000266. The smallest absolute Gasteiger partial charge is 0.414 e. The van der Waals surface area contributed by atoms with Gasteiger partial charge in [0, 0.05) is 63.4 Å². The molecule has 0 spiro atoms. The summed E-state index contributed by atoms with van der Waals surface area (Å²) < 4.78 is 68.4. The van der Waals surface area contributed by atoms with E-state index in [1.54, 1.807) is 53.0 Å². The van der Waals surface area contributed by atoms with Crippen molar-refractivity contribution >= 4 is 157 Å². The van der Waals surface area contributed by atoms with Gasteiger partial charge in [-0.2, -0.15) is 20.1 Å². The zero-order chi connectivity index (χ0) is 55.7. The highest BCUT2D eigenvalue weighted by atomic mass is 35.5. The Labute approximate surface area is 478 Å². The second kappa shape index (κ2) is 34.7. The summed E-state index contributed by atoms with van der Waals surface area (Å²) in [6.45, 7) is 8.14. The van der Waals surface area contributed by atoms with Crippen LogP contribution < -0.4 is 21.7 Å². The van der Waals surface area contributed by atoms with Crippen LogP contribution in [0.2, 0.25) is 10.0 Å². The first-order chi connectivity index (χ1) is 35.6. The minimum atomic E-state index is -3.20. The summed E-state index contributed by atoms with van der Waals surface area (Å²) in [5.41, 5.74) is 5.76. The number of halogens is 2. The Morgan fingerprint density at radius 1 is 0.773 bits per heavy atom. The van der Waals surface area contributed by atoms with Gasteiger partial charge in [0.25, 0.3) is 0 Å². The lowest BCUT2D eigenvalue weighted by molar-refractivity contribution is -0.132. The van der Waals surface area contributed by atoms with Crippen molar-refractivity contribution in [1.29, 1.82) is 0 Å². The Kier molecular flexibility index (Phi) is 31.4. The van der Waals surface area contributed by atoms with Crippen molar-refractivity contribution in [3.63, 3.8) is 0 Å². The summed E-state index contributed by atoms with van der Waals surface area (Å²) in [6, 6.07) is 12.3. The first-order valence-electron chi connectivity index (χ1n) is 22.2. The van der Waals surface area contributed by atoms with Gasteiger partial charge in [-0.3, -0.25) is 13.9 Å². The van der Waals surface area contributed by atoms with Gasteiger partial charge in [-0.15, -0.1) is 0 Å². The SMILES string of the molecule is CCCSP(=O)(OCC)Oc1cnn(-c2ccc(Cl)cc2)c1.CCOP(=S)(OCC)SCn1c(=O)oc2cc(Cl)ccc21.COP(=S)(OC)SCC(=O)N1CCOCC1.COP(=S)(OC)SCc1nc(N)nc(N)n1. The van der Waals surface area contributed by atoms with Gasteiger partial charge < -0.3 is 57.2 Å². The molecule has 4 heterocycles. The van der Waals surface area contributed by atoms with Crippen LogP contribution in [0.3, 0.4) is 0 Å². The molecule has 1 unspecified atom stereocenters. The third-order valence-corrected chi connectivity index (χ3v) is 29.9. The second-order valence-electron chi connectivity index (χ2n) is 14.0. The number of benzene rings is 2. The third kappa shape index (κ3) is 24.1. The highest BCUT2D eigenvalue weighted by Crippen LogP contribution is 2.63. The van der Waals surface area contributed by atoms with Crippen LogP contribution in [0.1, 0.15) is 39.9 Å². The summed E-state index contributed by atoms with van der Waals surface area (Å²) in [6.07, 6.45) is 4.09. The van der Waals surface area contributed by atoms with E-state index >= 15 is 0 Å². The maximum absolute atomic E-state index is 12.6. The number of rotatable bonds is 25. The molecule has 75 heavy (non-hydrogen) atoms. The molecule has 2 aromatic carbocycles. The fourth-order valence-electron chi connectivity index (χ4n) is 5.44. The number of morpholine rings is 1. The molecule has 3 aromatic heterocycles. The monoisotopic (exact) mass is 1290 g/mol. The van der Waals surface area contributed by atoms with Crippen LogP contribution in [0.5, 0.6) is 5.75 Å². The molecule has 4 N–H and O–H groups in total. The van der Waals surface area contributed by atoms with Crippen LogP contribution in [-0.2, 0) is 92.8 Å². The molecule has 35 heteroatoms. The fourth-order valence-corrected chi connectivity index (χ4v) is 18.8. The summed E-state index contributed by atoms with van der Waals surface area (Å²) in [4.78, 5) is 37.0. The number of aromatic nitrogens is 6. The molecule has 1 aliphatic rings. The molecular weight excluding hydrogens is 1230 g/mol. The molecule has 5 aromatic rings. The molecule has 420 valence electrons. The van der Waals surface area contributed by atoms with E-state index in [-0.39, 0.29) is 17.8 Å². The number of oxazole rings is 1. The van der Waals surface area contributed by atoms with Gasteiger partial charge in [-0.25, -0.2) is 14.0 Å². The topological polar surface area (TPSA) is 264 Å². The molecule has 6 rings (SSSR count). The van der Waals surface area contributed by atoms with Crippen molar-refractivity contribution in [1.82, 2.24) is 34.2 Å². The van der Waals surface area contributed by atoms with Crippen LogP contribution in [0, 0.1) is 0 Å². The van der Waals surface area contributed by atoms with Crippen molar-refractivity contribution in [3.05, 3.63) is 81.3 Å². The first kappa shape index (κ1) is 67.9. The van der Waals surface area contributed by atoms with E-state index in [2.05, 4.69) is 20.1 Å². The van der Waals surface area contributed by atoms with Crippen molar-refractivity contribution in [2.75, 3.05) is 97.5 Å². The van der Waals surface area contributed by atoms with Gasteiger partial charge in [0.1, 0.15) is 5.82 Å². The maximum atomic E-state index is 12.6. The molecule has 1 amide bonds. The van der Waals surface area contributed by atoms with Gasteiger partial charge in [0.2, 0.25) is 34.9 Å². The number of nitrogen functional groups attached to an aromatic ring is 2. The lowest BCUT2D eigenvalue weighted by Crippen LogP contribution is -2.41. The van der Waals surface area contributed by atoms with E-state index in [1.807, 2.05) is 32.9 Å². The Hall–Kier alpha value is -1.36. The predicted octanol–water partition coefficient (Wildman–Crippen LogP) is 11.3. The Morgan fingerprint density at radius 2 is 1.35 bits per heavy atom. The summed E-state index contributed by atoms with van der Waals surface area (Å²) in [5.74, 6) is 2.40. The van der Waals surface area contributed by atoms with Gasteiger partial charge >= 0.3 is 12.6 Å². The standard InChI is InChI=1S/C14H18ClN2O3PS.C12H15ClNO4PS2.C8H16NO4PS2.C6H12N5O2PS2/c1-3-9-22-21(18,19-4-2)20-14-10-16-17(11-14)13-7-5-12(15)6-8-13;1-3-16-19(20,17-4-2)21-8-14-10-6-5-9(13)7-11(10)18-12(14)15;1-11-14(15,12-2)16-7-8(10)9-3-5-13-6-4-9;1-12-14(15,13-2)16-3-4-9-5(7)11-6(8)10-4/h5-8,10-11H,3-4,9H2,1-2H3;5-7H,3-4,8H2,1-2H3;3-7H2,1-2H3;3H2,1-2H3,(H4,7,8,9,10,11). The molecule has 1 atom stereocenters. The largest absolute Gasteiger partial charge is 0.440 e. The highest BCUT2D eigenvalue weighted by molar-refractivity contribution is 8.68. The van der Waals surface area contributed by atoms with Crippen molar-refractivity contribution in [3.8, 4) is 11.4 Å². The average molecular weight is 1300 g/mol. The van der Waals surface area contributed by atoms with E-state index in [0.717, 1.165) is 12.1 Å². The number of anilines is 2. The molecule has 1 aliphatic heterocycles. The fraction of sp³-hybridized carbons (Fsp3) is 0.500. The molecular formula is C40H61Cl2N9O13P4S7.